The summed E-state index contributed by atoms with van der Waals surface area (Å²) in [5.74, 6) is 1.16. The van der Waals surface area contributed by atoms with Gasteiger partial charge in [0.25, 0.3) is 0 Å². The van der Waals surface area contributed by atoms with Gasteiger partial charge in [-0.1, -0.05) is 5.21 Å². The molecule has 10 heteroatoms. The van der Waals surface area contributed by atoms with Crippen molar-refractivity contribution >= 4 is 0 Å². The second-order valence-electron chi connectivity index (χ2n) is 6.72. The summed E-state index contributed by atoms with van der Waals surface area (Å²) in [6.07, 6.45) is -2.78. The molecule has 4 aromatic rings. The van der Waals surface area contributed by atoms with Crippen LogP contribution in [0.1, 0.15) is 11.4 Å². The summed E-state index contributed by atoms with van der Waals surface area (Å²) in [5.41, 5.74) is 1.78. The monoisotopic (exact) mass is 429 g/mol. The fourth-order valence-corrected chi connectivity index (χ4v) is 3.16. The zero-order valence-corrected chi connectivity index (χ0v) is 16.9. The van der Waals surface area contributed by atoms with Crippen LogP contribution in [0.25, 0.3) is 22.6 Å². The molecule has 0 saturated carbocycles. The van der Waals surface area contributed by atoms with Gasteiger partial charge in [0.15, 0.2) is 11.5 Å². The highest BCUT2D eigenvalue weighted by atomic mass is 19.4. The van der Waals surface area contributed by atoms with Crippen LogP contribution in [0.3, 0.4) is 0 Å². The van der Waals surface area contributed by atoms with Crippen LogP contribution in [-0.4, -0.2) is 39.0 Å². The van der Waals surface area contributed by atoms with Crippen LogP contribution in [0.15, 0.2) is 54.7 Å². The summed E-state index contributed by atoms with van der Waals surface area (Å²) in [7, 11) is 3.10. The molecular weight excluding hydrogens is 411 g/mol. The van der Waals surface area contributed by atoms with Crippen LogP contribution in [0.4, 0.5) is 13.2 Å². The minimum Gasteiger partial charge on any atom is -0.493 e. The van der Waals surface area contributed by atoms with Crippen LogP contribution in [0.5, 0.6) is 11.5 Å². The third kappa shape index (κ3) is 3.96. The first-order chi connectivity index (χ1) is 14.8. The summed E-state index contributed by atoms with van der Waals surface area (Å²) >= 11 is 0. The Morgan fingerprint density at radius 1 is 0.871 bits per heavy atom. The van der Waals surface area contributed by atoms with E-state index in [1.807, 2.05) is 6.07 Å². The molecule has 0 amide bonds. The Bertz CT molecular complexity index is 1210. The predicted molar refractivity (Wildman–Crippen MR) is 107 cm³/mol. The quantitative estimate of drug-likeness (QED) is 0.469. The lowest BCUT2D eigenvalue weighted by atomic mass is 10.1. The Balaban J connectivity index is 1.63. The van der Waals surface area contributed by atoms with Gasteiger partial charge in [0, 0.05) is 5.56 Å². The van der Waals surface area contributed by atoms with Crippen molar-refractivity contribution < 1.29 is 22.6 Å². The molecule has 0 aliphatic rings. The second-order valence-corrected chi connectivity index (χ2v) is 6.72. The predicted octanol–water partition coefficient (Wildman–Crippen LogP) is 4.46. The van der Waals surface area contributed by atoms with E-state index in [9.17, 15) is 13.2 Å². The zero-order valence-electron chi connectivity index (χ0n) is 16.9. The SMILES string of the molecule is COc1ccc(-c2cn(-c3ccc(-n4nc(C)cc4C(F)(F)F)cc3)nn2)cc1OC. The van der Waals surface area contributed by atoms with E-state index in [1.165, 1.54) is 11.6 Å². The molecule has 0 aliphatic heterocycles. The van der Waals surface area contributed by atoms with Crippen molar-refractivity contribution in [3.63, 3.8) is 0 Å². The maximum atomic E-state index is 13.3. The molecule has 0 aliphatic carbocycles. The summed E-state index contributed by atoms with van der Waals surface area (Å²) in [6.45, 7) is 1.52. The fourth-order valence-electron chi connectivity index (χ4n) is 3.16. The number of benzene rings is 2. The summed E-state index contributed by atoms with van der Waals surface area (Å²) in [6, 6.07) is 12.8. The number of aryl methyl sites for hydroxylation is 1. The van der Waals surface area contributed by atoms with E-state index >= 15 is 0 Å². The second kappa shape index (κ2) is 7.78. The number of halogens is 3. The van der Waals surface area contributed by atoms with Crippen LogP contribution in [0.2, 0.25) is 0 Å². The van der Waals surface area contributed by atoms with Gasteiger partial charge in [-0.25, -0.2) is 9.36 Å². The van der Waals surface area contributed by atoms with Crippen LogP contribution in [0, 0.1) is 6.92 Å². The molecule has 31 heavy (non-hydrogen) atoms. The molecule has 0 fully saturated rings. The number of methoxy groups -OCH3 is 2. The molecule has 0 N–H and O–H groups in total. The van der Waals surface area contributed by atoms with Crippen molar-refractivity contribution in [2.45, 2.75) is 13.1 Å². The Kier molecular flexibility index (Phi) is 5.14. The molecule has 0 unspecified atom stereocenters. The molecular formula is C21H18F3N5O2. The van der Waals surface area contributed by atoms with Gasteiger partial charge in [-0.3, -0.25) is 0 Å². The van der Waals surface area contributed by atoms with Gasteiger partial charge in [-0.2, -0.15) is 18.3 Å². The van der Waals surface area contributed by atoms with E-state index in [2.05, 4.69) is 15.4 Å². The lowest BCUT2D eigenvalue weighted by Gasteiger charge is -2.10. The van der Waals surface area contributed by atoms with Crippen LogP contribution < -0.4 is 9.47 Å². The van der Waals surface area contributed by atoms with Gasteiger partial charge in [0.1, 0.15) is 11.4 Å². The van der Waals surface area contributed by atoms with Crippen molar-refractivity contribution in [3.05, 3.63) is 66.1 Å². The first kappa shape index (κ1) is 20.5. The summed E-state index contributed by atoms with van der Waals surface area (Å²) in [5, 5.41) is 12.3. The zero-order chi connectivity index (χ0) is 22.2. The van der Waals surface area contributed by atoms with E-state index < -0.39 is 11.9 Å². The number of ether oxygens (including phenoxy) is 2. The van der Waals surface area contributed by atoms with E-state index in [-0.39, 0.29) is 5.69 Å². The topological polar surface area (TPSA) is 67.0 Å². The van der Waals surface area contributed by atoms with Crippen molar-refractivity contribution in [2.24, 2.45) is 0 Å². The molecule has 2 aromatic carbocycles. The highest BCUT2D eigenvalue weighted by Gasteiger charge is 2.35. The molecule has 0 bridgehead atoms. The normalized spacial score (nSPS) is 11.5. The van der Waals surface area contributed by atoms with Gasteiger partial charge in [0.05, 0.1) is 37.5 Å². The molecule has 0 atom stereocenters. The molecule has 7 nitrogen and oxygen atoms in total. The van der Waals surface area contributed by atoms with Crippen LogP contribution >= 0.6 is 0 Å². The highest BCUT2D eigenvalue weighted by Crippen LogP contribution is 2.33. The van der Waals surface area contributed by atoms with Crippen molar-refractivity contribution in [2.75, 3.05) is 14.2 Å². The van der Waals surface area contributed by atoms with Gasteiger partial charge in [-0.05, 0) is 55.5 Å². The van der Waals surface area contributed by atoms with E-state index in [4.69, 9.17) is 9.47 Å². The smallest absolute Gasteiger partial charge is 0.433 e. The number of aromatic nitrogens is 5. The molecule has 0 radical (unpaired) electrons. The number of alkyl halides is 3. The maximum absolute atomic E-state index is 13.3. The largest absolute Gasteiger partial charge is 0.493 e. The molecule has 160 valence electrons. The van der Waals surface area contributed by atoms with E-state index in [0.29, 0.717) is 28.6 Å². The third-order valence-corrected chi connectivity index (χ3v) is 4.65. The minimum atomic E-state index is -4.50. The molecule has 2 aromatic heterocycles. The van der Waals surface area contributed by atoms with Crippen molar-refractivity contribution in [1.29, 1.82) is 0 Å². The van der Waals surface area contributed by atoms with Gasteiger partial charge in [-0.15, -0.1) is 5.10 Å². The summed E-state index contributed by atoms with van der Waals surface area (Å²) in [4.78, 5) is 0. The Morgan fingerprint density at radius 2 is 1.55 bits per heavy atom. The lowest BCUT2D eigenvalue weighted by Crippen LogP contribution is -2.13. The van der Waals surface area contributed by atoms with Crippen LogP contribution in [-0.2, 0) is 6.18 Å². The van der Waals surface area contributed by atoms with Gasteiger partial charge < -0.3 is 9.47 Å². The molecule has 2 heterocycles. The fraction of sp³-hybridized carbons (Fsp3) is 0.190. The number of rotatable bonds is 5. The highest BCUT2D eigenvalue weighted by molar-refractivity contribution is 5.63. The first-order valence-corrected chi connectivity index (χ1v) is 9.19. The summed E-state index contributed by atoms with van der Waals surface area (Å²) < 4.78 is 52.7. The van der Waals surface area contributed by atoms with Crippen molar-refractivity contribution in [3.8, 4) is 34.1 Å². The lowest BCUT2D eigenvalue weighted by molar-refractivity contribution is -0.142. The Morgan fingerprint density at radius 3 is 2.19 bits per heavy atom. The molecule has 0 saturated heterocycles. The minimum absolute atomic E-state index is 0.284. The average Bonchev–Trinajstić information content (AvgIpc) is 3.40. The maximum Gasteiger partial charge on any atom is 0.433 e. The van der Waals surface area contributed by atoms with Crippen molar-refractivity contribution in [1.82, 2.24) is 24.8 Å². The molecule has 4 rings (SSSR count). The third-order valence-electron chi connectivity index (χ3n) is 4.65. The first-order valence-electron chi connectivity index (χ1n) is 9.19. The van der Waals surface area contributed by atoms with Gasteiger partial charge >= 0.3 is 6.18 Å². The standard InChI is InChI=1S/C21H18F3N5O2/c1-13-10-20(21(22,23)24)29(26-13)16-7-5-15(6-8-16)28-12-17(25-27-28)14-4-9-18(30-2)19(11-14)31-3/h4-12H,1-3H3. The van der Waals surface area contributed by atoms with E-state index in [0.717, 1.165) is 16.3 Å². The molecule has 0 spiro atoms. The number of nitrogens with zero attached hydrogens (tertiary/aromatic N) is 5. The Hall–Kier alpha value is -3.82. The average molecular weight is 429 g/mol. The Labute approximate surface area is 175 Å². The van der Waals surface area contributed by atoms with E-state index in [1.54, 1.807) is 56.8 Å². The number of hydrogen-bond acceptors (Lipinski definition) is 5. The van der Waals surface area contributed by atoms with Gasteiger partial charge in [0.2, 0.25) is 0 Å². The number of hydrogen-bond donors (Lipinski definition) is 0.